The first-order valence-electron chi connectivity index (χ1n) is 27.3. The van der Waals surface area contributed by atoms with Crippen LogP contribution in [0.2, 0.25) is 0 Å². The number of anilines is 3. The Morgan fingerprint density at radius 2 is 0.808 bits per heavy atom. The molecule has 2 aliphatic carbocycles. The average molecular weight is 989 g/mol. The van der Waals surface area contributed by atoms with Gasteiger partial charge in [-0.2, -0.15) is 0 Å². The van der Waals surface area contributed by atoms with Crippen LogP contribution in [-0.4, -0.2) is 4.57 Å². The molecule has 0 fully saturated rings. The van der Waals surface area contributed by atoms with Gasteiger partial charge in [0.15, 0.2) is 0 Å². The number of fused-ring (bicyclic) bond motifs is 17. The van der Waals surface area contributed by atoms with E-state index in [0.717, 1.165) is 17.1 Å². The van der Waals surface area contributed by atoms with Crippen LogP contribution >= 0.6 is 0 Å². The number of aromatic nitrogens is 1. The van der Waals surface area contributed by atoms with E-state index in [1.807, 2.05) is 0 Å². The van der Waals surface area contributed by atoms with Crippen molar-refractivity contribution in [2.45, 2.75) is 10.8 Å². The second kappa shape index (κ2) is 16.2. The fourth-order valence-electron chi connectivity index (χ4n) is 14.9. The van der Waals surface area contributed by atoms with Crippen molar-refractivity contribution in [3.05, 3.63) is 336 Å². The minimum Gasteiger partial charge on any atom is -0.309 e. The minimum atomic E-state index is -0.554. The third-order valence-corrected chi connectivity index (χ3v) is 17.9. The summed E-state index contributed by atoms with van der Waals surface area (Å²) < 4.78 is 2.53. The van der Waals surface area contributed by atoms with Crippen molar-refractivity contribution in [3.63, 3.8) is 0 Å². The van der Waals surface area contributed by atoms with Crippen LogP contribution in [0.4, 0.5) is 17.1 Å². The fraction of sp³-hybridized carbons (Fsp3) is 0.0263. The predicted molar refractivity (Wildman–Crippen MR) is 324 cm³/mol. The van der Waals surface area contributed by atoms with Gasteiger partial charge in [-0.05, 0) is 119 Å². The van der Waals surface area contributed by atoms with Crippen LogP contribution in [0.3, 0.4) is 0 Å². The summed E-state index contributed by atoms with van der Waals surface area (Å²) in [7, 11) is 0. The maximum absolute atomic E-state index is 2.57. The Morgan fingerprint density at radius 3 is 1.62 bits per heavy atom. The van der Waals surface area contributed by atoms with Crippen LogP contribution in [0.15, 0.2) is 291 Å². The van der Waals surface area contributed by atoms with Crippen molar-refractivity contribution in [1.82, 2.24) is 4.57 Å². The van der Waals surface area contributed by atoms with Crippen LogP contribution in [0.5, 0.6) is 0 Å². The molecule has 17 rings (SSSR count). The molecule has 1 aromatic heterocycles. The zero-order valence-electron chi connectivity index (χ0n) is 42.6. The van der Waals surface area contributed by atoms with Crippen molar-refractivity contribution in [1.29, 1.82) is 0 Å². The monoisotopic (exact) mass is 988 g/mol. The molecule has 3 aliphatic rings. The Kier molecular flexibility index (Phi) is 9.01. The van der Waals surface area contributed by atoms with E-state index in [1.54, 1.807) is 0 Å². The highest BCUT2D eigenvalue weighted by Crippen LogP contribution is 2.63. The molecule has 0 saturated carbocycles. The third kappa shape index (κ3) is 5.55. The van der Waals surface area contributed by atoms with E-state index in [9.17, 15) is 0 Å². The van der Waals surface area contributed by atoms with E-state index in [-0.39, 0.29) is 0 Å². The lowest BCUT2D eigenvalue weighted by atomic mass is 9.65. The zero-order valence-corrected chi connectivity index (χ0v) is 42.6. The normalized spacial score (nSPS) is 15.1. The van der Waals surface area contributed by atoms with Crippen molar-refractivity contribution in [2.75, 3.05) is 4.90 Å². The van der Waals surface area contributed by atoms with Gasteiger partial charge in [0.1, 0.15) is 0 Å². The molecule has 0 bridgehead atoms. The summed E-state index contributed by atoms with van der Waals surface area (Å²) in [5, 5.41) is 7.34. The summed E-state index contributed by atoms with van der Waals surface area (Å²) in [5.41, 5.74) is 23.9. The quantitative estimate of drug-likeness (QED) is 0.161. The molecule has 1 atom stereocenters. The van der Waals surface area contributed by atoms with Gasteiger partial charge in [-0.25, -0.2) is 0 Å². The minimum absolute atomic E-state index is 0.549. The summed E-state index contributed by atoms with van der Waals surface area (Å²) in [5.74, 6) is 0. The predicted octanol–water partition coefficient (Wildman–Crippen LogP) is 19.3. The molecule has 2 nitrogen and oxygen atoms in total. The Balaban J connectivity index is 0.922. The summed E-state index contributed by atoms with van der Waals surface area (Å²) >= 11 is 0. The van der Waals surface area contributed by atoms with E-state index in [1.165, 1.54) is 127 Å². The van der Waals surface area contributed by atoms with Gasteiger partial charge in [-0.1, -0.05) is 255 Å². The molecule has 2 heteroatoms. The molecule has 0 N–H and O–H groups in total. The molecule has 0 saturated heterocycles. The number of rotatable bonds is 6. The van der Waals surface area contributed by atoms with Crippen molar-refractivity contribution >= 4 is 60.4 Å². The second-order valence-corrected chi connectivity index (χ2v) is 21.4. The lowest BCUT2D eigenvalue weighted by Crippen LogP contribution is -2.33. The van der Waals surface area contributed by atoms with Gasteiger partial charge in [0, 0.05) is 27.1 Å². The Hall–Kier alpha value is -10.0. The fourth-order valence-corrected chi connectivity index (χ4v) is 14.9. The van der Waals surface area contributed by atoms with Crippen LogP contribution < -0.4 is 4.90 Å². The van der Waals surface area contributed by atoms with Gasteiger partial charge in [-0.15, -0.1) is 0 Å². The topological polar surface area (TPSA) is 8.17 Å². The van der Waals surface area contributed by atoms with Crippen molar-refractivity contribution in [3.8, 4) is 39.1 Å². The Morgan fingerprint density at radius 1 is 0.282 bits per heavy atom. The molecule has 1 unspecified atom stereocenters. The van der Waals surface area contributed by atoms with Crippen molar-refractivity contribution < 1.29 is 0 Å². The van der Waals surface area contributed by atoms with Gasteiger partial charge in [0.25, 0.3) is 0 Å². The summed E-state index contributed by atoms with van der Waals surface area (Å²) in [6.07, 6.45) is 0. The molecular formula is C76H48N2. The number of nitrogens with zero attached hydrogens (tertiary/aromatic N) is 2. The number of benzene rings is 13. The molecule has 0 amide bonds. The van der Waals surface area contributed by atoms with Gasteiger partial charge in [0.05, 0.1) is 44.6 Å². The molecule has 0 radical (unpaired) electrons. The van der Waals surface area contributed by atoms with Gasteiger partial charge in [0.2, 0.25) is 0 Å². The molecule has 13 aromatic carbocycles. The number of hydrogen-bond donors (Lipinski definition) is 0. The van der Waals surface area contributed by atoms with Gasteiger partial charge in [-0.3, -0.25) is 0 Å². The standard InChI is InChI=1S/C76H48N2/c1-3-24-51(25-4-1)75(52-26-5-2-6-27-52)63-36-15-12-33-61(63)73-65(75)38-21-43-72(73)77(68-42-19-23-49-22-7-8-28-54(49)68)70-47-46-53(55-29-9-10-31-58(55)70)50-44-45-57-56-30-11-14-35-62(56)76(67(57)48-50)64-37-16-18-41-71(64)78-69-40-17-13-32-59(69)60-34-20-39-66(76)74(60)78/h1-48H. The maximum Gasteiger partial charge on any atom is 0.0754 e. The number of para-hydroxylation sites is 3. The highest BCUT2D eigenvalue weighted by molar-refractivity contribution is 6.14. The molecule has 1 spiro atoms. The van der Waals surface area contributed by atoms with Crippen LogP contribution in [0.1, 0.15) is 44.5 Å². The second-order valence-electron chi connectivity index (χ2n) is 21.4. The Bertz CT molecular complexity index is 4770. The number of hydrogen-bond acceptors (Lipinski definition) is 1. The lowest BCUT2D eigenvalue weighted by Gasteiger charge is -2.39. The lowest BCUT2D eigenvalue weighted by molar-refractivity contribution is 0.749. The zero-order chi connectivity index (χ0) is 51.1. The van der Waals surface area contributed by atoms with Crippen LogP contribution in [0.25, 0.3) is 82.4 Å². The molecule has 1 aliphatic heterocycles. The first-order chi connectivity index (χ1) is 38.7. The van der Waals surface area contributed by atoms with Crippen molar-refractivity contribution in [2.24, 2.45) is 0 Å². The highest BCUT2D eigenvalue weighted by Gasteiger charge is 2.51. The highest BCUT2D eigenvalue weighted by atomic mass is 15.1. The first-order valence-corrected chi connectivity index (χ1v) is 27.3. The molecular weight excluding hydrogens is 941 g/mol. The molecule has 78 heavy (non-hydrogen) atoms. The smallest absolute Gasteiger partial charge is 0.0754 e. The van der Waals surface area contributed by atoms with Gasteiger partial charge < -0.3 is 9.47 Å². The maximum atomic E-state index is 2.57. The van der Waals surface area contributed by atoms with E-state index in [4.69, 9.17) is 0 Å². The summed E-state index contributed by atoms with van der Waals surface area (Å²) in [4.78, 5) is 2.57. The van der Waals surface area contributed by atoms with Crippen LogP contribution in [0, 0.1) is 0 Å². The summed E-state index contributed by atoms with van der Waals surface area (Å²) in [6, 6.07) is 110. The average Bonchev–Trinajstić information content (AvgIpc) is 3.96. The third-order valence-electron chi connectivity index (χ3n) is 17.9. The Labute approximate surface area is 453 Å². The SMILES string of the molecule is c1ccc(C2(c3ccccc3)c3ccccc3-c3c(N(c4cccc5ccccc45)c4ccc(-c5ccc6c(c5)C5(c7ccccc7-6)c6ccccc6-n6c7ccccc7c7cccc5c76)c5ccccc45)cccc32)cc1. The molecule has 362 valence electrons. The van der Waals surface area contributed by atoms with E-state index in [2.05, 4.69) is 301 Å². The van der Waals surface area contributed by atoms with E-state index >= 15 is 0 Å². The van der Waals surface area contributed by atoms with E-state index < -0.39 is 10.8 Å². The summed E-state index contributed by atoms with van der Waals surface area (Å²) in [6.45, 7) is 0. The first kappa shape index (κ1) is 43.2. The van der Waals surface area contributed by atoms with Gasteiger partial charge >= 0.3 is 0 Å². The molecule has 2 heterocycles. The molecule has 14 aromatic rings. The van der Waals surface area contributed by atoms with E-state index in [0.29, 0.717) is 0 Å². The largest absolute Gasteiger partial charge is 0.309 e. The van der Waals surface area contributed by atoms with Crippen LogP contribution in [-0.2, 0) is 10.8 Å².